The van der Waals surface area contributed by atoms with Crippen molar-refractivity contribution in [3.63, 3.8) is 0 Å². The number of amides is 1. The first-order valence-corrected chi connectivity index (χ1v) is 8.05. The molecule has 3 N–H and O–H groups in total. The minimum Gasteiger partial charge on any atom is -0.478 e. The number of anilines is 1. The molecule has 0 bridgehead atoms. The number of benzene rings is 2. The van der Waals surface area contributed by atoms with E-state index in [0.29, 0.717) is 6.67 Å². The molecule has 0 radical (unpaired) electrons. The Kier molecular flexibility index (Phi) is 3.74. The highest BCUT2D eigenvalue weighted by atomic mass is 16.4. The zero-order chi connectivity index (χ0) is 17.4. The number of hydrogen-bond acceptors (Lipinski definition) is 4. The van der Waals surface area contributed by atoms with Crippen LogP contribution >= 0.6 is 0 Å². The normalized spacial score (nSPS) is 22.2. The molecule has 2 aromatic carbocycles. The predicted molar refractivity (Wildman–Crippen MR) is 94.0 cm³/mol. The Balaban J connectivity index is 1.75. The van der Waals surface area contributed by atoms with E-state index in [2.05, 4.69) is 10.6 Å². The van der Waals surface area contributed by atoms with E-state index in [0.717, 1.165) is 16.8 Å². The van der Waals surface area contributed by atoms with E-state index < -0.39 is 5.97 Å². The third-order valence-electron chi connectivity index (χ3n) is 4.60. The van der Waals surface area contributed by atoms with Gasteiger partial charge in [-0.2, -0.15) is 0 Å². The molecule has 2 atom stereocenters. The van der Waals surface area contributed by atoms with Gasteiger partial charge in [0.2, 0.25) is 5.91 Å². The van der Waals surface area contributed by atoms with Gasteiger partial charge in [-0.15, -0.1) is 0 Å². The second-order valence-electron chi connectivity index (χ2n) is 6.05. The molecule has 2 unspecified atom stereocenters. The minimum absolute atomic E-state index is 0.0268. The summed E-state index contributed by atoms with van der Waals surface area (Å²) in [6, 6.07) is 16.0. The summed E-state index contributed by atoms with van der Waals surface area (Å²) < 4.78 is 0. The highest BCUT2D eigenvalue weighted by molar-refractivity contribution is 5.95. The van der Waals surface area contributed by atoms with Crippen LogP contribution < -0.4 is 15.5 Å². The minimum atomic E-state index is -0.953. The standard InChI is InChI=1S/C19H17N3O3/c23-18-17-16(20-11-21-18)15(10-22(17)14-4-2-1-3-5-14)12-6-8-13(9-7-12)19(24)25/h1-10,16-17,20H,11H2,(H,21,23)(H,24,25). The maximum atomic E-state index is 12.5. The van der Waals surface area contributed by atoms with E-state index in [1.165, 1.54) is 0 Å². The molecule has 126 valence electrons. The van der Waals surface area contributed by atoms with E-state index in [1.807, 2.05) is 41.4 Å². The molecule has 0 aliphatic carbocycles. The van der Waals surface area contributed by atoms with Gasteiger partial charge in [-0.1, -0.05) is 30.3 Å². The van der Waals surface area contributed by atoms with Crippen molar-refractivity contribution in [1.29, 1.82) is 0 Å². The Labute approximate surface area is 144 Å². The first kappa shape index (κ1) is 15.4. The van der Waals surface area contributed by atoms with Crippen LogP contribution in [0.1, 0.15) is 15.9 Å². The van der Waals surface area contributed by atoms with Crippen LogP contribution in [-0.4, -0.2) is 35.7 Å². The number of carboxylic acids is 1. The van der Waals surface area contributed by atoms with Crippen LogP contribution in [-0.2, 0) is 4.79 Å². The summed E-state index contributed by atoms with van der Waals surface area (Å²) in [5.74, 6) is -0.980. The molecule has 0 aromatic heterocycles. The molecular weight excluding hydrogens is 318 g/mol. The summed E-state index contributed by atoms with van der Waals surface area (Å²) in [5.41, 5.74) is 3.06. The van der Waals surface area contributed by atoms with Gasteiger partial charge in [0.15, 0.2) is 0 Å². The van der Waals surface area contributed by atoms with E-state index in [4.69, 9.17) is 5.11 Å². The van der Waals surface area contributed by atoms with Crippen LogP contribution in [0.3, 0.4) is 0 Å². The molecule has 2 aliphatic rings. The quantitative estimate of drug-likeness (QED) is 0.795. The van der Waals surface area contributed by atoms with Crippen molar-refractivity contribution in [2.75, 3.05) is 11.6 Å². The molecule has 25 heavy (non-hydrogen) atoms. The second kappa shape index (κ2) is 6.07. The van der Waals surface area contributed by atoms with Crippen LogP contribution in [0.25, 0.3) is 5.57 Å². The first-order chi connectivity index (χ1) is 12.1. The summed E-state index contributed by atoms with van der Waals surface area (Å²) in [4.78, 5) is 25.5. The number of carbonyl (C=O) groups is 2. The zero-order valence-corrected chi connectivity index (χ0v) is 13.3. The van der Waals surface area contributed by atoms with Gasteiger partial charge in [0, 0.05) is 11.9 Å². The van der Waals surface area contributed by atoms with Crippen LogP contribution in [0.2, 0.25) is 0 Å². The average molecular weight is 335 g/mol. The molecule has 1 fully saturated rings. The Morgan fingerprint density at radius 1 is 1.08 bits per heavy atom. The lowest BCUT2D eigenvalue weighted by molar-refractivity contribution is -0.123. The molecule has 1 amide bonds. The zero-order valence-electron chi connectivity index (χ0n) is 13.3. The van der Waals surface area contributed by atoms with Crippen molar-refractivity contribution in [2.24, 2.45) is 0 Å². The van der Waals surface area contributed by atoms with Crippen molar-refractivity contribution in [3.05, 3.63) is 71.9 Å². The van der Waals surface area contributed by atoms with Gasteiger partial charge in [0.05, 0.1) is 18.3 Å². The SMILES string of the molecule is O=C(O)c1ccc(C2=CN(c3ccccc3)C3C(=O)NCNC23)cc1. The van der Waals surface area contributed by atoms with E-state index in [-0.39, 0.29) is 23.6 Å². The summed E-state index contributed by atoms with van der Waals surface area (Å²) in [5, 5.41) is 15.3. The Hall–Kier alpha value is -3.12. The van der Waals surface area contributed by atoms with Crippen molar-refractivity contribution < 1.29 is 14.7 Å². The maximum absolute atomic E-state index is 12.5. The molecule has 2 aliphatic heterocycles. The van der Waals surface area contributed by atoms with E-state index in [9.17, 15) is 9.59 Å². The van der Waals surface area contributed by atoms with Crippen LogP contribution in [0.4, 0.5) is 5.69 Å². The van der Waals surface area contributed by atoms with Crippen LogP contribution in [0.5, 0.6) is 0 Å². The lowest BCUT2D eigenvalue weighted by Crippen LogP contribution is -2.61. The lowest BCUT2D eigenvalue weighted by Gasteiger charge is -2.33. The van der Waals surface area contributed by atoms with Gasteiger partial charge < -0.3 is 15.3 Å². The smallest absolute Gasteiger partial charge is 0.335 e. The van der Waals surface area contributed by atoms with Gasteiger partial charge in [-0.3, -0.25) is 10.1 Å². The molecule has 6 nitrogen and oxygen atoms in total. The monoisotopic (exact) mass is 335 g/mol. The number of nitrogens with one attached hydrogen (secondary N) is 2. The third kappa shape index (κ3) is 2.66. The van der Waals surface area contributed by atoms with Crippen molar-refractivity contribution in [1.82, 2.24) is 10.6 Å². The lowest BCUT2D eigenvalue weighted by atomic mass is 9.94. The third-order valence-corrected chi connectivity index (χ3v) is 4.60. The number of nitrogens with zero attached hydrogens (tertiary/aromatic N) is 1. The molecule has 4 rings (SSSR count). The maximum Gasteiger partial charge on any atom is 0.335 e. The Morgan fingerprint density at radius 3 is 2.48 bits per heavy atom. The van der Waals surface area contributed by atoms with Crippen LogP contribution in [0, 0.1) is 0 Å². The molecule has 0 spiro atoms. The summed E-state index contributed by atoms with van der Waals surface area (Å²) in [7, 11) is 0. The van der Waals surface area contributed by atoms with Gasteiger partial charge >= 0.3 is 5.97 Å². The molecule has 0 saturated carbocycles. The van der Waals surface area contributed by atoms with E-state index >= 15 is 0 Å². The highest BCUT2D eigenvalue weighted by Gasteiger charge is 2.43. The Morgan fingerprint density at radius 2 is 1.80 bits per heavy atom. The fourth-order valence-electron chi connectivity index (χ4n) is 3.39. The topological polar surface area (TPSA) is 81.7 Å². The first-order valence-electron chi connectivity index (χ1n) is 8.05. The fourth-order valence-corrected chi connectivity index (χ4v) is 3.39. The van der Waals surface area contributed by atoms with Crippen molar-refractivity contribution in [3.8, 4) is 0 Å². The number of carbonyl (C=O) groups excluding carboxylic acids is 1. The summed E-state index contributed by atoms with van der Waals surface area (Å²) in [6.45, 7) is 0.410. The van der Waals surface area contributed by atoms with Gasteiger partial charge in [-0.05, 0) is 35.4 Å². The number of aromatic carboxylic acids is 1. The average Bonchev–Trinajstić information content (AvgIpc) is 3.03. The number of carboxylic acid groups (broad SMARTS) is 1. The summed E-state index contributed by atoms with van der Waals surface area (Å²) in [6.07, 6.45) is 1.97. The van der Waals surface area contributed by atoms with Gasteiger partial charge in [0.25, 0.3) is 0 Å². The predicted octanol–water partition coefficient (Wildman–Crippen LogP) is 1.66. The van der Waals surface area contributed by atoms with Crippen molar-refractivity contribution in [2.45, 2.75) is 12.1 Å². The fraction of sp³-hybridized carbons (Fsp3) is 0.158. The van der Waals surface area contributed by atoms with E-state index in [1.54, 1.807) is 24.3 Å². The molecule has 2 aromatic rings. The van der Waals surface area contributed by atoms with Gasteiger partial charge in [-0.25, -0.2) is 4.79 Å². The van der Waals surface area contributed by atoms with Gasteiger partial charge in [0.1, 0.15) is 6.04 Å². The number of hydrogen-bond donors (Lipinski definition) is 3. The van der Waals surface area contributed by atoms with Crippen LogP contribution in [0.15, 0.2) is 60.8 Å². The molecule has 2 heterocycles. The second-order valence-corrected chi connectivity index (χ2v) is 6.05. The molecule has 6 heteroatoms. The molecule has 1 saturated heterocycles. The number of fused-ring (bicyclic) bond motifs is 1. The summed E-state index contributed by atoms with van der Waals surface area (Å²) >= 11 is 0. The van der Waals surface area contributed by atoms with Crippen molar-refractivity contribution >= 4 is 23.1 Å². The largest absolute Gasteiger partial charge is 0.478 e. The number of rotatable bonds is 3. The molecular formula is C19H17N3O3. The number of para-hydroxylation sites is 1. The Bertz CT molecular complexity index is 846. The highest BCUT2D eigenvalue weighted by Crippen LogP contribution is 2.35.